The summed E-state index contributed by atoms with van der Waals surface area (Å²) in [5.74, 6) is 0.878. The summed E-state index contributed by atoms with van der Waals surface area (Å²) in [5.41, 5.74) is -0.270. The summed E-state index contributed by atoms with van der Waals surface area (Å²) in [4.78, 5) is 14.2. The van der Waals surface area contributed by atoms with Crippen molar-refractivity contribution >= 4 is 5.78 Å². The van der Waals surface area contributed by atoms with Crippen LogP contribution in [0.3, 0.4) is 0 Å². The van der Waals surface area contributed by atoms with Gasteiger partial charge in [0, 0.05) is 7.11 Å². The second-order valence-corrected chi connectivity index (χ2v) is 4.98. The average molecular weight is 213 g/mol. The van der Waals surface area contributed by atoms with E-state index in [1.165, 1.54) is 6.42 Å². The van der Waals surface area contributed by atoms with Crippen molar-refractivity contribution in [3.63, 3.8) is 0 Å². The molecular formula is C12H23NO2. The first-order chi connectivity index (χ1) is 7.03. The van der Waals surface area contributed by atoms with Gasteiger partial charge in [0.1, 0.15) is 6.61 Å². The Kier molecular flexibility index (Phi) is 4.29. The van der Waals surface area contributed by atoms with Gasteiger partial charge in [-0.2, -0.15) is 0 Å². The first-order valence-corrected chi connectivity index (χ1v) is 5.72. The third-order valence-corrected chi connectivity index (χ3v) is 3.62. The second kappa shape index (κ2) is 5.08. The van der Waals surface area contributed by atoms with E-state index >= 15 is 0 Å². The maximum atomic E-state index is 12.1. The lowest BCUT2D eigenvalue weighted by atomic mass is 9.73. The average Bonchev–Trinajstić information content (AvgIpc) is 2.17. The number of ether oxygens (including phenoxy) is 1. The summed E-state index contributed by atoms with van der Waals surface area (Å²) in [5, 5.41) is 0. The summed E-state index contributed by atoms with van der Waals surface area (Å²) in [6, 6.07) is 0. The summed E-state index contributed by atoms with van der Waals surface area (Å²) < 4.78 is 4.99. The highest BCUT2D eigenvalue weighted by atomic mass is 16.5. The molecule has 0 spiro atoms. The van der Waals surface area contributed by atoms with Gasteiger partial charge in [0.25, 0.3) is 0 Å². The van der Waals surface area contributed by atoms with Crippen LogP contribution in [0.2, 0.25) is 0 Å². The van der Waals surface area contributed by atoms with Gasteiger partial charge in [-0.25, -0.2) is 0 Å². The van der Waals surface area contributed by atoms with Gasteiger partial charge in [-0.05, 0) is 32.9 Å². The Morgan fingerprint density at radius 1 is 1.53 bits per heavy atom. The predicted octanol–water partition coefficient (Wildman–Crippen LogP) is 1.71. The number of rotatable bonds is 4. The van der Waals surface area contributed by atoms with Gasteiger partial charge in [-0.15, -0.1) is 0 Å². The van der Waals surface area contributed by atoms with Gasteiger partial charge >= 0.3 is 0 Å². The maximum Gasteiger partial charge on any atom is 0.178 e. The van der Waals surface area contributed by atoms with Crippen molar-refractivity contribution < 1.29 is 9.53 Å². The van der Waals surface area contributed by atoms with Crippen molar-refractivity contribution in [1.82, 2.24) is 4.90 Å². The Labute approximate surface area is 92.8 Å². The van der Waals surface area contributed by atoms with E-state index in [2.05, 4.69) is 11.8 Å². The minimum absolute atomic E-state index is 0.238. The van der Waals surface area contributed by atoms with Crippen LogP contribution in [-0.4, -0.2) is 44.0 Å². The number of nitrogens with zero attached hydrogens (tertiary/aromatic N) is 1. The van der Waals surface area contributed by atoms with Gasteiger partial charge < -0.3 is 4.74 Å². The molecule has 1 aliphatic rings. The topological polar surface area (TPSA) is 29.5 Å². The van der Waals surface area contributed by atoms with Crippen LogP contribution in [0.25, 0.3) is 0 Å². The SMILES string of the molecule is COCC(=O)C1(N(C)C)CCCC(C)C1. The molecule has 3 heteroatoms. The number of carbonyl (C=O) groups is 1. The van der Waals surface area contributed by atoms with Crippen molar-refractivity contribution in [1.29, 1.82) is 0 Å². The third-order valence-electron chi connectivity index (χ3n) is 3.62. The molecule has 2 atom stereocenters. The molecule has 0 amide bonds. The van der Waals surface area contributed by atoms with E-state index in [1.54, 1.807) is 7.11 Å². The van der Waals surface area contributed by atoms with Crippen LogP contribution in [0.1, 0.15) is 32.6 Å². The molecule has 88 valence electrons. The fourth-order valence-corrected chi connectivity index (χ4v) is 2.70. The molecular weight excluding hydrogens is 190 g/mol. The van der Waals surface area contributed by atoms with E-state index < -0.39 is 0 Å². The quantitative estimate of drug-likeness (QED) is 0.712. The van der Waals surface area contributed by atoms with Crippen molar-refractivity contribution in [2.24, 2.45) is 5.92 Å². The summed E-state index contributed by atoms with van der Waals surface area (Å²) in [6.45, 7) is 2.47. The predicted molar refractivity (Wildman–Crippen MR) is 60.9 cm³/mol. The van der Waals surface area contributed by atoms with Gasteiger partial charge in [-0.1, -0.05) is 19.8 Å². The molecule has 15 heavy (non-hydrogen) atoms. The fourth-order valence-electron chi connectivity index (χ4n) is 2.70. The van der Waals surface area contributed by atoms with E-state index in [-0.39, 0.29) is 17.9 Å². The van der Waals surface area contributed by atoms with Crippen LogP contribution in [0.5, 0.6) is 0 Å². The molecule has 0 N–H and O–H groups in total. The Morgan fingerprint density at radius 3 is 2.67 bits per heavy atom. The fraction of sp³-hybridized carbons (Fsp3) is 0.917. The first kappa shape index (κ1) is 12.7. The summed E-state index contributed by atoms with van der Waals surface area (Å²) in [6.07, 6.45) is 4.35. The lowest BCUT2D eigenvalue weighted by Gasteiger charge is -2.43. The molecule has 0 aromatic heterocycles. The Balaban J connectivity index is 2.82. The molecule has 1 saturated carbocycles. The monoisotopic (exact) mass is 213 g/mol. The number of methoxy groups -OCH3 is 1. The molecule has 0 bridgehead atoms. The summed E-state index contributed by atoms with van der Waals surface area (Å²) >= 11 is 0. The maximum absolute atomic E-state index is 12.1. The molecule has 0 aliphatic heterocycles. The molecule has 1 aliphatic carbocycles. The normalized spacial score (nSPS) is 31.9. The zero-order valence-corrected chi connectivity index (χ0v) is 10.4. The standard InChI is InChI=1S/C12H23NO2/c1-10-6-5-7-12(8-10,13(2)3)11(14)9-15-4/h10H,5-9H2,1-4H3. The minimum Gasteiger partial charge on any atom is -0.377 e. The zero-order chi connectivity index (χ0) is 11.5. The number of hydrogen-bond donors (Lipinski definition) is 0. The molecule has 0 saturated heterocycles. The van der Waals surface area contributed by atoms with Gasteiger partial charge in [0.15, 0.2) is 5.78 Å². The molecule has 1 rings (SSSR count). The van der Waals surface area contributed by atoms with E-state index in [1.807, 2.05) is 14.1 Å². The van der Waals surface area contributed by atoms with Crippen LogP contribution >= 0.6 is 0 Å². The lowest BCUT2D eigenvalue weighted by molar-refractivity contribution is -0.136. The van der Waals surface area contributed by atoms with Gasteiger partial charge in [0.2, 0.25) is 0 Å². The molecule has 0 radical (unpaired) electrons. The number of ketones is 1. The minimum atomic E-state index is -0.270. The van der Waals surface area contributed by atoms with Crippen molar-refractivity contribution in [3.8, 4) is 0 Å². The number of hydrogen-bond acceptors (Lipinski definition) is 3. The Hall–Kier alpha value is -0.410. The molecule has 1 fully saturated rings. The van der Waals surface area contributed by atoms with Crippen molar-refractivity contribution in [2.75, 3.05) is 27.8 Å². The van der Waals surface area contributed by atoms with E-state index in [0.29, 0.717) is 5.92 Å². The van der Waals surface area contributed by atoms with Crippen LogP contribution in [0.4, 0.5) is 0 Å². The number of carbonyl (C=O) groups excluding carboxylic acids is 1. The smallest absolute Gasteiger partial charge is 0.178 e. The Morgan fingerprint density at radius 2 is 2.20 bits per heavy atom. The van der Waals surface area contributed by atoms with Crippen LogP contribution < -0.4 is 0 Å². The highest BCUT2D eigenvalue weighted by Crippen LogP contribution is 2.36. The summed E-state index contributed by atoms with van der Waals surface area (Å²) in [7, 11) is 5.60. The van der Waals surface area contributed by atoms with Crippen LogP contribution in [0, 0.1) is 5.92 Å². The highest BCUT2D eigenvalue weighted by Gasteiger charge is 2.42. The number of likely N-dealkylation sites (N-methyl/N-ethyl adjacent to an activating group) is 1. The van der Waals surface area contributed by atoms with Crippen LogP contribution in [-0.2, 0) is 9.53 Å². The number of Topliss-reactive ketones (excluding diaryl/α,β-unsaturated/α-hetero) is 1. The van der Waals surface area contributed by atoms with E-state index in [4.69, 9.17) is 4.74 Å². The molecule has 0 heterocycles. The third kappa shape index (κ3) is 2.58. The molecule has 0 aromatic rings. The van der Waals surface area contributed by atoms with Gasteiger partial charge in [0.05, 0.1) is 5.54 Å². The largest absolute Gasteiger partial charge is 0.377 e. The zero-order valence-electron chi connectivity index (χ0n) is 10.4. The molecule has 2 unspecified atom stereocenters. The van der Waals surface area contributed by atoms with Gasteiger partial charge in [-0.3, -0.25) is 9.69 Å². The van der Waals surface area contributed by atoms with E-state index in [0.717, 1.165) is 19.3 Å². The van der Waals surface area contributed by atoms with E-state index in [9.17, 15) is 4.79 Å². The van der Waals surface area contributed by atoms with Crippen LogP contribution in [0.15, 0.2) is 0 Å². The van der Waals surface area contributed by atoms with Crippen molar-refractivity contribution in [3.05, 3.63) is 0 Å². The van der Waals surface area contributed by atoms with Crippen molar-refractivity contribution in [2.45, 2.75) is 38.1 Å². The molecule has 3 nitrogen and oxygen atoms in total. The lowest BCUT2D eigenvalue weighted by Crippen LogP contribution is -2.55. The second-order valence-electron chi connectivity index (χ2n) is 4.98. The molecule has 0 aromatic carbocycles. The first-order valence-electron chi connectivity index (χ1n) is 5.72. The Bertz CT molecular complexity index is 228. The highest BCUT2D eigenvalue weighted by molar-refractivity contribution is 5.89.